The van der Waals surface area contributed by atoms with E-state index in [0.29, 0.717) is 6.04 Å². The number of aromatic nitrogens is 1. The minimum Gasteiger partial charge on any atom is -0.337 e. The molecule has 1 aliphatic heterocycles. The summed E-state index contributed by atoms with van der Waals surface area (Å²) in [6.45, 7) is 0. The van der Waals surface area contributed by atoms with E-state index in [9.17, 15) is 0 Å². The van der Waals surface area contributed by atoms with Crippen molar-refractivity contribution in [1.29, 1.82) is 0 Å². The molecule has 0 spiro atoms. The van der Waals surface area contributed by atoms with Crippen LogP contribution < -0.4 is 0 Å². The molecule has 0 bridgehead atoms. The largest absolute Gasteiger partial charge is 0.337 e. The van der Waals surface area contributed by atoms with Gasteiger partial charge in [0.05, 0.1) is 5.69 Å². The first-order valence-electron chi connectivity index (χ1n) is 13.0. The van der Waals surface area contributed by atoms with Crippen molar-refractivity contribution in [2.24, 2.45) is 0 Å². The summed E-state index contributed by atoms with van der Waals surface area (Å²) in [6, 6.07) is 40.7. The minimum absolute atomic E-state index is 0.530. The Hall–Kier alpha value is -3.84. The Morgan fingerprint density at radius 2 is 1.00 bits per heavy atom. The van der Waals surface area contributed by atoms with Crippen molar-refractivity contribution in [2.75, 3.05) is 0 Å². The summed E-state index contributed by atoms with van der Waals surface area (Å²) >= 11 is 0. The van der Waals surface area contributed by atoms with Crippen molar-refractivity contribution in [3.8, 4) is 33.5 Å². The number of hydrogen-bond donors (Lipinski definition) is 0. The molecule has 0 unspecified atom stereocenters. The molecule has 4 aromatic rings. The lowest BCUT2D eigenvalue weighted by atomic mass is 9.89. The first kappa shape index (κ1) is 20.5. The number of hydrogen-bond acceptors (Lipinski definition) is 0. The zero-order valence-electron chi connectivity index (χ0n) is 20.0. The number of rotatable bonds is 3. The lowest BCUT2D eigenvalue weighted by Gasteiger charge is -2.32. The smallest absolute Gasteiger partial charge is 0.0573 e. The van der Waals surface area contributed by atoms with Crippen LogP contribution in [0.25, 0.3) is 55.2 Å². The Balaban J connectivity index is 1.73. The second-order valence-corrected chi connectivity index (χ2v) is 9.93. The average Bonchev–Trinajstić information content (AvgIpc) is 3.29. The molecule has 0 radical (unpaired) electrons. The third-order valence-corrected chi connectivity index (χ3v) is 7.93. The quantitative estimate of drug-likeness (QED) is 0.252. The number of benzene rings is 4. The van der Waals surface area contributed by atoms with Gasteiger partial charge in [0.2, 0.25) is 0 Å². The fourth-order valence-electron chi connectivity index (χ4n) is 6.47. The molecule has 1 nitrogen and oxygen atoms in total. The molecule has 0 aromatic heterocycles. The third kappa shape index (κ3) is 3.22. The van der Waals surface area contributed by atoms with Crippen LogP contribution in [-0.2, 0) is 0 Å². The maximum atomic E-state index is 2.72. The molecule has 7 rings (SSSR count). The van der Waals surface area contributed by atoms with Crippen molar-refractivity contribution in [1.82, 2.24) is 4.57 Å². The summed E-state index contributed by atoms with van der Waals surface area (Å²) in [4.78, 5) is 0. The summed E-state index contributed by atoms with van der Waals surface area (Å²) in [7, 11) is 0. The van der Waals surface area contributed by atoms with Gasteiger partial charge >= 0.3 is 0 Å². The van der Waals surface area contributed by atoms with E-state index in [-0.39, 0.29) is 0 Å². The molecule has 1 fully saturated rings. The van der Waals surface area contributed by atoms with Gasteiger partial charge in [0.1, 0.15) is 0 Å². The lowest BCUT2D eigenvalue weighted by Crippen LogP contribution is -2.17. The highest BCUT2D eigenvalue weighted by Crippen LogP contribution is 2.53. The van der Waals surface area contributed by atoms with Gasteiger partial charge in [-0.15, -0.1) is 0 Å². The molecular weight excluding hydrogens is 422 g/mol. The number of nitrogens with zero attached hydrogens (tertiary/aromatic N) is 1. The number of para-hydroxylation sites is 1. The average molecular weight is 452 g/mol. The van der Waals surface area contributed by atoms with Gasteiger partial charge in [-0.1, -0.05) is 122 Å². The van der Waals surface area contributed by atoms with Crippen LogP contribution >= 0.6 is 0 Å². The van der Waals surface area contributed by atoms with E-state index in [2.05, 4.69) is 114 Å². The van der Waals surface area contributed by atoms with E-state index in [4.69, 9.17) is 0 Å². The van der Waals surface area contributed by atoms with Crippen molar-refractivity contribution in [3.05, 3.63) is 109 Å². The van der Waals surface area contributed by atoms with Gasteiger partial charge in [0.25, 0.3) is 0 Å². The topological polar surface area (TPSA) is 4.93 Å². The van der Waals surface area contributed by atoms with Crippen LogP contribution in [0.3, 0.4) is 0 Å². The maximum Gasteiger partial charge on any atom is 0.0573 e. The Morgan fingerprint density at radius 1 is 0.457 bits per heavy atom. The van der Waals surface area contributed by atoms with Crippen molar-refractivity contribution < 1.29 is 0 Å². The van der Waals surface area contributed by atoms with Crippen molar-refractivity contribution in [3.63, 3.8) is 0 Å². The summed E-state index contributed by atoms with van der Waals surface area (Å²) < 4.78 is 2.72. The molecule has 35 heavy (non-hydrogen) atoms. The summed E-state index contributed by atoms with van der Waals surface area (Å²) in [5.41, 5.74) is 9.49. The van der Waals surface area contributed by atoms with Gasteiger partial charge < -0.3 is 4.57 Å². The van der Waals surface area contributed by atoms with E-state index in [0.717, 1.165) is 0 Å². The number of pyridine rings is 1. The number of fused-ring (bicyclic) bond motifs is 5. The van der Waals surface area contributed by atoms with Gasteiger partial charge in [-0.25, -0.2) is 0 Å². The molecular formula is C34H29N. The zero-order chi connectivity index (χ0) is 23.2. The second kappa shape index (κ2) is 8.43. The van der Waals surface area contributed by atoms with Crippen molar-refractivity contribution in [2.45, 2.75) is 38.1 Å². The van der Waals surface area contributed by atoms with Crippen LogP contribution in [0.5, 0.6) is 0 Å². The van der Waals surface area contributed by atoms with Crippen LogP contribution in [0, 0.1) is 0 Å². The maximum absolute atomic E-state index is 2.72. The monoisotopic (exact) mass is 451 g/mol. The Kier molecular flexibility index (Phi) is 4.94. The molecule has 1 saturated carbocycles. The first-order valence-corrected chi connectivity index (χ1v) is 13.0. The molecule has 4 aromatic carbocycles. The molecule has 0 saturated heterocycles. The minimum atomic E-state index is 0.530. The standard InChI is InChI=1S/C34H29N/c1-4-14-24(15-5-1)31-27-20-10-11-21-28(27)33-32(31)29-22-12-13-23-30(29)35(26-18-8-3-9-19-26)34(33)25-16-6-2-7-17-25/h1-2,4-7,10-17,20-23,26H,3,8-9,18-19H2. The molecule has 1 heteroatoms. The molecule has 3 aliphatic rings. The molecule has 0 N–H and O–H groups in total. The van der Waals surface area contributed by atoms with Gasteiger partial charge in [0.15, 0.2) is 0 Å². The molecule has 0 atom stereocenters. The van der Waals surface area contributed by atoms with E-state index < -0.39 is 0 Å². The summed E-state index contributed by atoms with van der Waals surface area (Å²) in [5, 5.41) is 4.07. The van der Waals surface area contributed by atoms with Crippen LogP contribution in [0.2, 0.25) is 0 Å². The first-order chi connectivity index (χ1) is 17.4. The Bertz CT molecular complexity index is 1600. The van der Waals surface area contributed by atoms with Crippen LogP contribution in [0.15, 0.2) is 109 Å². The van der Waals surface area contributed by atoms with E-state index in [1.807, 2.05) is 0 Å². The fourth-order valence-corrected chi connectivity index (χ4v) is 6.47. The van der Waals surface area contributed by atoms with Crippen LogP contribution in [0.1, 0.15) is 38.1 Å². The van der Waals surface area contributed by atoms with E-state index in [1.54, 1.807) is 0 Å². The van der Waals surface area contributed by atoms with Crippen LogP contribution in [-0.4, -0.2) is 4.57 Å². The van der Waals surface area contributed by atoms with Crippen molar-refractivity contribution >= 4 is 21.7 Å². The Morgan fingerprint density at radius 3 is 1.69 bits per heavy atom. The molecule has 0 amide bonds. The normalized spacial score (nSPS) is 14.7. The van der Waals surface area contributed by atoms with E-state index >= 15 is 0 Å². The van der Waals surface area contributed by atoms with Gasteiger partial charge in [-0.3, -0.25) is 0 Å². The summed E-state index contributed by atoms with van der Waals surface area (Å²) in [5.74, 6) is 0. The van der Waals surface area contributed by atoms with Gasteiger partial charge in [-0.2, -0.15) is 0 Å². The molecule has 1 heterocycles. The second-order valence-electron chi connectivity index (χ2n) is 9.93. The molecule has 170 valence electrons. The SMILES string of the molecule is c1ccc(-c2c3c4ccccc4n(C4CCCCC4)c(-c4ccccc4)c-3c3ccccc23)cc1. The fraction of sp³-hybridized carbons (Fsp3) is 0.176. The molecule has 2 aliphatic carbocycles. The lowest BCUT2D eigenvalue weighted by molar-refractivity contribution is 0.362. The highest BCUT2D eigenvalue weighted by atomic mass is 15.0. The highest BCUT2D eigenvalue weighted by Gasteiger charge is 2.30. The van der Waals surface area contributed by atoms with Crippen LogP contribution in [0.4, 0.5) is 0 Å². The van der Waals surface area contributed by atoms with E-state index in [1.165, 1.54) is 87.3 Å². The Labute approximate surface area is 207 Å². The highest BCUT2D eigenvalue weighted by molar-refractivity contribution is 6.23. The van der Waals surface area contributed by atoms with Gasteiger partial charge in [-0.05, 0) is 46.4 Å². The predicted octanol–water partition coefficient (Wildman–Crippen LogP) is 9.74. The predicted molar refractivity (Wildman–Crippen MR) is 149 cm³/mol. The third-order valence-electron chi connectivity index (χ3n) is 7.93. The summed E-state index contributed by atoms with van der Waals surface area (Å²) in [6.07, 6.45) is 6.49. The zero-order valence-corrected chi connectivity index (χ0v) is 20.0. The van der Waals surface area contributed by atoms with Gasteiger partial charge in [0, 0.05) is 28.1 Å².